The highest BCUT2D eigenvalue weighted by Crippen LogP contribution is 2.21. The van der Waals surface area contributed by atoms with E-state index in [1.807, 2.05) is 0 Å². The maximum Gasteiger partial charge on any atom is 0.213 e. The van der Waals surface area contributed by atoms with E-state index in [0.717, 1.165) is 19.3 Å². The van der Waals surface area contributed by atoms with Gasteiger partial charge in [-0.25, -0.2) is 0 Å². The van der Waals surface area contributed by atoms with Crippen molar-refractivity contribution >= 4 is 0 Å². The highest BCUT2D eigenvalue weighted by Gasteiger charge is 2.29. The highest BCUT2D eigenvalue weighted by molar-refractivity contribution is 4.62. The fraction of sp³-hybridized carbons (Fsp3) is 1.00. The van der Waals surface area contributed by atoms with Crippen molar-refractivity contribution in [1.82, 2.24) is 0 Å². The molecule has 1 fully saturated rings. The van der Waals surface area contributed by atoms with Crippen molar-refractivity contribution < 1.29 is 28.5 Å². The van der Waals surface area contributed by atoms with E-state index in [1.165, 1.54) is 0 Å². The van der Waals surface area contributed by atoms with Crippen LogP contribution in [0.5, 0.6) is 0 Å². The molecule has 1 rings (SSSR count). The second kappa shape index (κ2) is 3.69. The lowest BCUT2D eigenvalue weighted by Gasteiger charge is -2.20. The fourth-order valence-corrected chi connectivity index (χ4v) is 1.80. The van der Waals surface area contributed by atoms with Crippen molar-refractivity contribution in [3.63, 3.8) is 0 Å². The molecule has 0 aromatic carbocycles. The average molecular weight is 183 g/mol. The lowest BCUT2D eigenvalue weighted by molar-refractivity contribution is -1.92. The van der Waals surface area contributed by atoms with Gasteiger partial charge in [0.15, 0.2) is 0 Å². The predicted molar refractivity (Wildman–Crippen MR) is 28.0 cm³/mol. The fourth-order valence-electron chi connectivity index (χ4n) is 1.31. The molecule has 1 aliphatic carbocycles. The summed E-state index contributed by atoms with van der Waals surface area (Å²) in [5, 5.41) is 0. The van der Waals surface area contributed by atoms with E-state index >= 15 is 0 Å². The Morgan fingerprint density at radius 1 is 1.00 bits per heavy atom. The zero-order valence-corrected chi connectivity index (χ0v) is 6.88. The van der Waals surface area contributed by atoms with Gasteiger partial charge >= 0.3 is 0 Å². The first-order valence-electron chi connectivity index (χ1n) is 3.67. The summed E-state index contributed by atoms with van der Waals surface area (Å²) in [5.74, 6) is 0. The quantitative estimate of drug-likeness (QED) is 0.507. The minimum Gasteiger partial charge on any atom is -0.183 e. The van der Waals surface area contributed by atoms with Crippen molar-refractivity contribution in [3.05, 3.63) is 0 Å². The first kappa shape index (κ1) is 9.22. The van der Waals surface area contributed by atoms with Crippen LogP contribution in [0, 0.1) is 10.2 Å². The SMILES string of the molecule is [O-][Cl+3]([O-])([O-])OC1CCCCC1. The van der Waals surface area contributed by atoms with Crippen molar-refractivity contribution in [2.45, 2.75) is 38.2 Å². The summed E-state index contributed by atoms with van der Waals surface area (Å²) < 4.78 is 34.5. The maximum atomic E-state index is 10.1. The van der Waals surface area contributed by atoms with Crippen LogP contribution in [0.2, 0.25) is 0 Å². The van der Waals surface area contributed by atoms with Crippen LogP contribution in [0.1, 0.15) is 32.1 Å². The van der Waals surface area contributed by atoms with Gasteiger partial charge in [0.2, 0.25) is 6.10 Å². The molecule has 0 bridgehead atoms. The Bertz CT molecular complexity index is 116. The molecule has 0 amide bonds. The van der Waals surface area contributed by atoms with Gasteiger partial charge in [0, 0.05) is 0 Å². The zero-order chi connectivity index (χ0) is 8.32. The molecular weight excluding hydrogens is 172 g/mol. The van der Waals surface area contributed by atoms with Gasteiger partial charge in [0.05, 0.1) is 14.5 Å². The van der Waals surface area contributed by atoms with Crippen LogP contribution in [-0.2, 0) is 4.29 Å². The summed E-state index contributed by atoms with van der Waals surface area (Å²) in [7, 11) is -4.21. The topological polar surface area (TPSA) is 78.4 Å². The van der Waals surface area contributed by atoms with Crippen LogP contribution in [0.4, 0.5) is 0 Å². The summed E-state index contributed by atoms with van der Waals surface area (Å²) in [4.78, 5) is 0. The summed E-state index contributed by atoms with van der Waals surface area (Å²) in [6, 6.07) is 0. The smallest absolute Gasteiger partial charge is 0.183 e. The van der Waals surface area contributed by atoms with Crippen LogP contribution < -0.4 is 14.0 Å². The van der Waals surface area contributed by atoms with E-state index in [0.29, 0.717) is 12.8 Å². The van der Waals surface area contributed by atoms with Gasteiger partial charge in [0.25, 0.3) is 0 Å². The standard InChI is InChI=1S/C6H11ClO4/c8-7(9,10)11-6-4-2-1-3-5-6/h6H,1-5H2. The number of hydrogen-bond acceptors (Lipinski definition) is 4. The Morgan fingerprint density at radius 3 is 2.00 bits per heavy atom. The molecule has 0 N–H and O–H groups in total. The van der Waals surface area contributed by atoms with Gasteiger partial charge in [0.1, 0.15) is 0 Å². The molecule has 1 saturated carbocycles. The summed E-state index contributed by atoms with van der Waals surface area (Å²) in [5.41, 5.74) is 0. The Kier molecular flexibility index (Phi) is 3.09. The molecule has 0 unspecified atom stereocenters. The molecule has 4 nitrogen and oxygen atoms in total. The van der Waals surface area contributed by atoms with Crippen molar-refractivity contribution in [2.24, 2.45) is 0 Å². The van der Waals surface area contributed by atoms with Gasteiger partial charge in [-0.05, 0) is 12.8 Å². The Labute approximate surface area is 67.5 Å². The van der Waals surface area contributed by atoms with Gasteiger partial charge in [-0.1, -0.05) is 19.3 Å². The molecule has 0 radical (unpaired) electrons. The van der Waals surface area contributed by atoms with E-state index in [9.17, 15) is 14.0 Å². The van der Waals surface area contributed by atoms with Crippen molar-refractivity contribution in [2.75, 3.05) is 0 Å². The maximum absolute atomic E-state index is 10.1. The van der Waals surface area contributed by atoms with E-state index in [4.69, 9.17) is 0 Å². The largest absolute Gasteiger partial charge is 0.213 e. The summed E-state index contributed by atoms with van der Waals surface area (Å²) >= 11 is 0. The molecule has 66 valence electrons. The molecule has 0 aromatic rings. The molecular formula is C6H11ClO4. The second-order valence-corrected chi connectivity index (χ2v) is 3.66. The molecule has 0 spiro atoms. The van der Waals surface area contributed by atoms with Crippen LogP contribution >= 0.6 is 0 Å². The predicted octanol–water partition coefficient (Wildman–Crippen LogP) is -1.77. The molecule has 0 heterocycles. The van der Waals surface area contributed by atoms with E-state index in [1.54, 1.807) is 0 Å². The first-order chi connectivity index (χ1) is 5.08. The summed E-state index contributed by atoms with van der Waals surface area (Å²) in [6.45, 7) is 0. The normalized spacial score (nSPS) is 22.1. The van der Waals surface area contributed by atoms with Crippen LogP contribution in [0.3, 0.4) is 0 Å². The van der Waals surface area contributed by atoms with Crippen LogP contribution in [0.15, 0.2) is 0 Å². The Balaban J connectivity index is 2.24. The van der Waals surface area contributed by atoms with Gasteiger partial charge < -0.3 is 0 Å². The molecule has 5 heteroatoms. The third kappa shape index (κ3) is 3.88. The summed E-state index contributed by atoms with van der Waals surface area (Å²) in [6.07, 6.45) is 4.03. The van der Waals surface area contributed by atoms with Gasteiger partial charge in [-0.2, -0.15) is 14.0 Å². The lowest BCUT2D eigenvalue weighted by Crippen LogP contribution is -2.62. The van der Waals surface area contributed by atoms with E-state index in [2.05, 4.69) is 4.29 Å². The molecule has 11 heavy (non-hydrogen) atoms. The second-order valence-electron chi connectivity index (χ2n) is 2.73. The third-order valence-electron chi connectivity index (χ3n) is 1.79. The lowest BCUT2D eigenvalue weighted by atomic mass is 9.98. The van der Waals surface area contributed by atoms with E-state index < -0.39 is 10.2 Å². The van der Waals surface area contributed by atoms with Crippen LogP contribution in [-0.4, -0.2) is 6.10 Å². The minimum absolute atomic E-state index is 0.368. The number of rotatable bonds is 2. The van der Waals surface area contributed by atoms with Crippen LogP contribution in [0.25, 0.3) is 0 Å². The van der Waals surface area contributed by atoms with Crippen molar-refractivity contribution in [1.29, 1.82) is 0 Å². The first-order valence-corrected chi connectivity index (χ1v) is 4.90. The molecule has 0 saturated heterocycles. The zero-order valence-electron chi connectivity index (χ0n) is 6.12. The monoisotopic (exact) mass is 182 g/mol. The average Bonchev–Trinajstić information content (AvgIpc) is 1.85. The number of halogens is 1. The molecule has 1 aliphatic rings. The number of hydrogen-bond donors (Lipinski definition) is 0. The van der Waals surface area contributed by atoms with Gasteiger partial charge in [-0.15, -0.1) is 0 Å². The van der Waals surface area contributed by atoms with Gasteiger partial charge in [-0.3, -0.25) is 0 Å². The Morgan fingerprint density at radius 2 is 1.55 bits per heavy atom. The molecule has 0 aromatic heterocycles. The Hall–Kier alpha value is 0.130. The molecule has 0 aliphatic heterocycles. The third-order valence-corrected chi connectivity index (χ3v) is 2.26. The minimum atomic E-state index is -4.21. The molecule has 0 atom stereocenters. The highest BCUT2D eigenvalue weighted by atomic mass is 35.7. The van der Waals surface area contributed by atoms with E-state index in [-0.39, 0.29) is 6.10 Å². The van der Waals surface area contributed by atoms with Crippen molar-refractivity contribution in [3.8, 4) is 0 Å².